The minimum atomic E-state index is -4.07. The lowest BCUT2D eigenvalue weighted by molar-refractivity contribution is -0.122. The van der Waals surface area contributed by atoms with Crippen LogP contribution in [0.15, 0.2) is 53.4 Å². The fourth-order valence-electron chi connectivity index (χ4n) is 3.62. The van der Waals surface area contributed by atoms with Gasteiger partial charge < -0.3 is 4.74 Å². The molecule has 1 saturated heterocycles. The molecule has 0 aromatic heterocycles. The van der Waals surface area contributed by atoms with Crippen molar-refractivity contribution in [3.63, 3.8) is 0 Å². The van der Waals surface area contributed by atoms with E-state index < -0.39 is 33.7 Å². The predicted octanol–water partition coefficient (Wildman–Crippen LogP) is 2.71. The van der Waals surface area contributed by atoms with Gasteiger partial charge in [-0.1, -0.05) is 0 Å². The predicted molar refractivity (Wildman–Crippen MR) is 107 cm³/mol. The van der Waals surface area contributed by atoms with Gasteiger partial charge in [0.1, 0.15) is 17.6 Å². The standard InChI is InChI=1S/C21H21FN2O5S/c1-2-29-17-9-7-15(8-10-17)23-20(25)13-19(21(23)26)24(16-5-6-16)30(27,28)18-11-3-14(22)4-12-18/h3-4,7-12,16,19H,2,5-6,13H2,1H3. The number of sulfonamides is 1. The monoisotopic (exact) mass is 432 g/mol. The van der Waals surface area contributed by atoms with Crippen molar-refractivity contribution >= 4 is 27.5 Å². The molecule has 0 radical (unpaired) electrons. The fourth-order valence-corrected chi connectivity index (χ4v) is 5.45. The van der Waals surface area contributed by atoms with Crippen LogP contribution in [0.2, 0.25) is 0 Å². The summed E-state index contributed by atoms with van der Waals surface area (Å²) in [4.78, 5) is 26.7. The van der Waals surface area contributed by atoms with Gasteiger partial charge in [0, 0.05) is 6.04 Å². The van der Waals surface area contributed by atoms with Crippen LogP contribution >= 0.6 is 0 Å². The van der Waals surface area contributed by atoms with Gasteiger partial charge in [-0.05, 0) is 68.3 Å². The number of ether oxygens (including phenoxy) is 1. The van der Waals surface area contributed by atoms with Crippen molar-refractivity contribution in [3.05, 3.63) is 54.3 Å². The zero-order valence-electron chi connectivity index (χ0n) is 16.3. The summed E-state index contributed by atoms with van der Waals surface area (Å²) < 4.78 is 46.2. The molecule has 7 nitrogen and oxygen atoms in total. The molecule has 158 valence electrons. The molecule has 1 saturated carbocycles. The number of hydrogen-bond acceptors (Lipinski definition) is 5. The number of rotatable bonds is 7. The Morgan fingerprint density at radius 1 is 1.07 bits per heavy atom. The fraction of sp³-hybridized carbons (Fsp3) is 0.333. The summed E-state index contributed by atoms with van der Waals surface area (Å²) in [6.45, 7) is 2.33. The number of imide groups is 1. The molecule has 2 fully saturated rings. The van der Waals surface area contributed by atoms with E-state index in [1.807, 2.05) is 6.92 Å². The summed E-state index contributed by atoms with van der Waals surface area (Å²) in [6, 6.07) is 9.50. The molecule has 1 heterocycles. The summed E-state index contributed by atoms with van der Waals surface area (Å²) in [5.41, 5.74) is 0.367. The Balaban J connectivity index is 1.64. The summed E-state index contributed by atoms with van der Waals surface area (Å²) in [6.07, 6.45) is 0.992. The van der Waals surface area contributed by atoms with E-state index in [1.54, 1.807) is 24.3 Å². The Bertz CT molecular complexity index is 1070. The minimum absolute atomic E-state index is 0.101. The highest BCUT2D eigenvalue weighted by atomic mass is 32.2. The number of carbonyl (C=O) groups excluding carboxylic acids is 2. The number of carbonyl (C=O) groups is 2. The largest absolute Gasteiger partial charge is 0.494 e. The second-order valence-electron chi connectivity index (χ2n) is 7.23. The van der Waals surface area contributed by atoms with Crippen molar-refractivity contribution in [3.8, 4) is 5.75 Å². The molecule has 30 heavy (non-hydrogen) atoms. The molecule has 2 aromatic carbocycles. The van der Waals surface area contributed by atoms with Gasteiger partial charge in [-0.15, -0.1) is 0 Å². The SMILES string of the molecule is CCOc1ccc(N2C(=O)CC(N(C3CC3)S(=O)(=O)c3ccc(F)cc3)C2=O)cc1. The lowest BCUT2D eigenvalue weighted by atomic mass is 10.2. The van der Waals surface area contributed by atoms with Gasteiger partial charge in [-0.3, -0.25) is 9.59 Å². The third-order valence-corrected chi connectivity index (χ3v) is 7.11. The summed E-state index contributed by atoms with van der Waals surface area (Å²) in [7, 11) is -4.07. The zero-order chi connectivity index (χ0) is 21.5. The van der Waals surface area contributed by atoms with Crippen LogP contribution in [0.4, 0.5) is 10.1 Å². The Morgan fingerprint density at radius 3 is 2.27 bits per heavy atom. The maximum absolute atomic E-state index is 13.3. The van der Waals surface area contributed by atoms with Crippen LogP contribution in [0.5, 0.6) is 5.75 Å². The quantitative estimate of drug-likeness (QED) is 0.628. The van der Waals surface area contributed by atoms with Crippen molar-refractivity contribution in [2.75, 3.05) is 11.5 Å². The molecule has 1 unspecified atom stereocenters. The van der Waals surface area contributed by atoms with Crippen molar-refractivity contribution in [2.24, 2.45) is 0 Å². The number of benzene rings is 2. The summed E-state index contributed by atoms with van der Waals surface area (Å²) in [5.74, 6) is -0.994. The van der Waals surface area contributed by atoms with Gasteiger partial charge in [-0.2, -0.15) is 4.31 Å². The highest BCUT2D eigenvalue weighted by Crippen LogP contribution is 2.38. The van der Waals surface area contributed by atoms with Crippen molar-refractivity contribution in [1.29, 1.82) is 0 Å². The normalized spacial score (nSPS) is 19.6. The summed E-state index contributed by atoms with van der Waals surface area (Å²) >= 11 is 0. The molecule has 1 atom stereocenters. The Hall–Kier alpha value is -2.78. The Morgan fingerprint density at radius 2 is 1.70 bits per heavy atom. The first kappa shape index (κ1) is 20.5. The first-order chi connectivity index (χ1) is 14.3. The Labute approximate surface area is 174 Å². The van der Waals surface area contributed by atoms with Gasteiger partial charge in [0.2, 0.25) is 15.9 Å². The topological polar surface area (TPSA) is 84.0 Å². The van der Waals surface area contributed by atoms with E-state index in [9.17, 15) is 22.4 Å². The van der Waals surface area contributed by atoms with E-state index in [-0.39, 0.29) is 17.4 Å². The highest BCUT2D eigenvalue weighted by molar-refractivity contribution is 7.89. The molecule has 4 rings (SSSR count). The number of hydrogen-bond donors (Lipinski definition) is 0. The van der Waals surface area contributed by atoms with Gasteiger partial charge in [0.25, 0.3) is 5.91 Å². The number of halogens is 1. The van der Waals surface area contributed by atoms with E-state index in [0.717, 1.165) is 21.3 Å². The second-order valence-corrected chi connectivity index (χ2v) is 9.08. The average molecular weight is 432 g/mol. The molecule has 0 spiro atoms. The first-order valence-electron chi connectivity index (χ1n) is 9.71. The lowest BCUT2D eigenvalue weighted by Gasteiger charge is -2.26. The molecule has 1 aliphatic carbocycles. The van der Waals surface area contributed by atoms with Crippen molar-refractivity contribution in [1.82, 2.24) is 4.31 Å². The molecule has 9 heteroatoms. The average Bonchev–Trinajstić information content (AvgIpc) is 3.49. The minimum Gasteiger partial charge on any atom is -0.494 e. The van der Waals surface area contributed by atoms with Gasteiger partial charge in [0.05, 0.1) is 23.6 Å². The molecular weight excluding hydrogens is 411 g/mol. The molecule has 0 N–H and O–H groups in total. The molecule has 2 amide bonds. The number of nitrogens with zero attached hydrogens (tertiary/aromatic N) is 2. The van der Waals surface area contributed by atoms with E-state index in [0.29, 0.717) is 30.9 Å². The maximum atomic E-state index is 13.3. The first-order valence-corrected chi connectivity index (χ1v) is 11.2. The third kappa shape index (κ3) is 3.70. The molecule has 1 aliphatic heterocycles. The van der Waals surface area contributed by atoms with Gasteiger partial charge >= 0.3 is 0 Å². The second kappa shape index (κ2) is 7.81. The van der Waals surface area contributed by atoms with Crippen LogP contribution in [0.25, 0.3) is 0 Å². The number of amides is 2. The van der Waals surface area contributed by atoms with E-state index in [2.05, 4.69) is 0 Å². The Kier molecular flexibility index (Phi) is 5.33. The molecule has 0 bridgehead atoms. The van der Waals surface area contributed by atoms with Crippen molar-refractivity contribution in [2.45, 2.75) is 43.2 Å². The van der Waals surface area contributed by atoms with Crippen LogP contribution < -0.4 is 9.64 Å². The third-order valence-electron chi connectivity index (χ3n) is 5.13. The van der Waals surface area contributed by atoms with Crippen molar-refractivity contribution < 1.29 is 27.1 Å². The van der Waals surface area contributed by atoms with E-state index in [1.165, 1.54) is 12.1 Å². The van der Waals surface area contributed by atoms with Gasteiger partial charge in [0.15, 0.2) is 0 Å². The van der Waals surface area contributed by atoms with Crippen LogP contribution in [0.1, 0.15) is 26.2 Å². The smallest absolute Gasteiger partial charge is 0.252 e. The van der Waals surface area contributed by atoms with Crippen LogP contribution in [-0.2, 0) is 19.6 Å². The van der Waals surface area contributed by atoms with E-state index >= 15 is 0 Å². The zero-order valence-corrected chi connectivity index (χ0v) is 17.1. The molecule has 2 aliphatic rings. The molecular formula is C21H21FN2O5S. The highest BCUT2D eigenvalue weighted by Gasteiger charge is 2.51. The maximum Gasteiger partial charge on any atom is 0.252 e. The van der Waals surface area contributed by atoms with Crippen LogP contribution in [0.3, 0.4) is 0 Å². The van der Waals surface area contributed by atoms with E-state index in [4.69, 9.17) is 4.74 Å². The molecule has 2 aromatic rings. The summed E-state index contributed by atoms with van der Waals surface area (Å²) in [5, 5.41) is 0. The number of anilines is 1. The van der Waals surface area contributed by atoms with Crippen LogP contribution in [0, 0.1) is 5.82 Å². The lowest BCUT2D eigenvalue weighted by Crippen LogP contribution is -2.46. The van der Waals surface area contributed by atoms with Gasteiger partial charge in [-0.25, -0.2) is 17.7 Å². The van der Waals surface area contributed by atoms with Crippen LogP contribution in [-0.4, -0.2) is 43.2 Å².